The van der Waals surface area contributed by atoms with Crippen molar-refractivity contribution in [3.8, 4) is 0 Å². The van der Waals surface area contributed by atoms with Crippen LogP contribution in [0, 0.1) is 0 Å². The molecule has 2 heterocycles. The highest BCUT2D eigenvalue weighted by atomic mass is 32.1. The molecule has 0 aliphatic heterocycles. The SMILES string of the molecule is CC(Cc1ccsc1)Nc1nc2c(cc1C(=O)O)CCC2. The predicted octanol–water partition coefficient (Wildman–Crippen LogP) is 3.37. The monoisotopic (exact) mass is 302 g/mol. The fourth-order valence-corrected chi connectivity index (χ4v) is 3.47. The number of carboxylic acids is 1. The van der Waals surface area contributed by atoms with E-state index in [-0.39, 0.29) is 11.6 Å². The van der Waals surface area contributed by atoms with E-state index in [1.807, 2.05) is 0 Å². The van der Waals surface area contributed by atoms with Gasteiger partial charge in [-0.3, -0.25) is 0 Å². The summed E-state index contributed by atoms with van der Waals surface area (Å²) in [6, 6.07) is 4.03. The number of hydrogen-bond acceptors (Lipinski definition) is 4. The lowest BCUT2D eigenvalue weighted by molar-refractivity contribution is 0.0697. The molecule has 0 fully saturated rings. The highest BCUT2D eigenvalue weighted by Crippen LogP contribution is 2.26. The van der Waals surface area contributed by atoms with Crippen LogP contribution in [0.1, 0.15) is 40.5 Å². The van der Waals surface area contributed by atoms with E-state index in [0.29, 0.717) is 5.82 Å². The van der Waals surface area contributed by atoms with E-state index < -0.39 is 5.97 Å². The molecule has 5 heteroatoms. The van der Waals surface area contributed by atoms with E-state index in [1.54, 1.807) is 17.4 Å². The van der Waals surface area contributed by atoms with Crippen LogP contribution in [0.3, 0.4) is 0 Å². The van der Waals surface area contributed by atoms with E-state index in [2.05, 4.69) is 34.1 Å². The van der Waals surface area contributed by atoms with E-state index in [1.165, 1.54) is 5.56 Å². The normalized spacial score (nSPS) is 14.7. The predicted molar refractivity (Wildman–Crippen MR) is 84.3 cm³/mol. The van der Waals surface area contributed by atoms with Gasteiger partial charge in [-0.05, 0) is 66.6 Å². The average Bonchev–Trinajstić information content (AvgIpc) is 3.07. The van der Waals surface area contributed by atoms with Gasteiger partial charge in [-0.25, -0.2) is 9.78 Å². The summed E-state index contributed by atoms with van der Waals surface area (Å²) in [5.74, 6) is -0.409. The summed E-state index contributed by atoms with van der Waals surface area (Å²) in [5.41, 5.74) is 3.68. The van der Waals surface area contributed by atoms with Crippen molar-refractivity contribution in [3.05, 3.63) is 45.3 Å². The molecule has 1 unspecified atom stereocenters. The van der Waals surface area contributed by atoms with Gasteiger partial charge in [0, 0.05) is 11.7 Å². The van der Waals surface area contributed by atoms with Crippen LogP contribution in [0.2, 0.25) is 0 Å². The minimum Gasteiger partial charge on any atom is -0.478 e. The summed E-state index contributed by atoms with van der Waals surface area (Å²) >= 11 is 1.67. The van der Waals surface area contributed by atoms with Gasteiger partial charge in [0.1, 0.15) is 11.4 Å². The maximum Gasteiger partial charge on any atom is 0.339 e. The van der Waals surface area contributed by atoms with Crippen molar-refractivity contribution in [2.45, 2.75) is 38.6 Å². The van der Waals surface area contributed by atoms with Crippen LogP contribution in [-0.2, 0) is 19.3 Å². The minimum atomic E-state index is -0.914. The third-order valence-corrected chi connectivity index (χ3v) is 4.52. The number of aromatic nitrogens is 1. The highest BCUT2D eigenvalue weighted by molar-refractivity contribution is 7.07. The molecule has 2 aromatic rings. The lowest BCUT2D eigenvalue weighted by atomic mass is 10.1. The third kappa shape index (κ3) is 3.08. The van der Waals surface area contributed by atoms with Gasteiger partial charge < -0.3 is 10.4 Å². The number of pyridine rings is 1. The fourth-order valence-electron chi connectivity index (χ4n) is 2.79. The second-order valence-corrected chi connectivity index (χ2v) is 6.31. The first-order valence-corrected chi connectivity index (χ1v) is 8.11. The molecule has 4 nitrogen and oxygen atoms in total. The van der Waals surface area contributed by atoms with Crippen LogP contribution >= 0.6 is 11.3 Å². The number of nitrogens with one attached hydrogen (secondary N) is 1. The van der Waals surface area contributed by atoms with Gasteiger partial charge >= 0.3 is 5.97 Å². The number of nitrogens with zero attached hydrogens (tertiary/aromatic N) is 1. The van der Waals surface area contributed by atoms with Crippen molar-refractivity contribution >= 4 is 23.1 Å². The molecule has 2 aromatic heterocycles. The Balaban J connectivity index is 1.82. The molecule has 0 aromatic carbocycles. The van der Waals surface area contributed by atoms with Crippen molar-refractivity contribution in [1.29, 1.82) is 0 Å². The van der Waals surface area contributed by atoms with Crippen molar-refractivity contribution in [2.24, 2.45) is 0 Å². The zero-order chi connectivity index (χ0) is 14.8. The van der Waals surface area contributed by atoms with Gasteiger partial charge in [0.25, 0.3) is 0 Å². The maximum atomic E-state index is 11.4. The zero-order valence-electron chi connectivity index (χ0n) is 11.9. The first kappa shape index (κ1) is 14.1. The van der Waals surface area contributed by atoms with Crippen LogP contribution in [0.5, 0.6) is 0 Å². The first-order chi connectivity index (χ1) is 10.1. The second kappa shape index (κ2) is 5.85. The molecule has 1 atom stereocenters. The molecule has 0 radical (unpaired) electrons. The number of rotatable bonds is 5. The molecule has 0 spiro atoms. The molecule has 0 amide bonds. The Kier molecular flexibility index (Phi) is 3.92. The minimum absolute atomic E-state index is 0.143. The van der Waals surface area contributed by atoms with Gasteiger partial charge in [-0.2, -0.15) is 11.3 Å². The Morgan fingerprint density at radius 3 is 3.10 bits per heavy atom. The smallest absolute Gasteiger partial charge is 0.339 e. The van der Waals surface area contributed by atoms with E-state index in [9.17, 15) is 9.90 Å². The summed E-state index contributed by atoms with van der Waals surface area (Å²) in [5, 5.41) is 16.8. The number of thiophene rings is 1. The Labute approximate surface area is 127 Å². The van der Waals surface area contributed by atoms with E-state index in [0.717, 1.165) is 36.9 Å². The number of fused-ring (bicyclic) bond motifs is 1. The quantitative estimate of drug-likeness (QED) is 0.889. The summed E-state index contributed by atoms with van der Waals surface area (Å²) in [6.45, 7) is 2.05. The molecule has 1 aliphatic rings. The molecule has 21 heavy (non-hydrogen) atoms. The molecular formula is C16H18N2O2S. The Morgan fingerprint density at radius 2 is 2.38 bits per heavy atom. The topological polar surface area (TPSA) is 62.2 Å². The van der Waals surface area contributed by atoms with Crippen LogP contribution in [-0.4, -0.2) is 22.1 Å². The van der Waals surface area contributed by atoms with Crippen molar-refractivity contribution in [3.63, 3.8) is 0 Å². The van der Waals surface area contributed by atoms with Crippen molar-refractivity contribution in [2.75, 3.05) is 5.32 Å². The van der Waals surface area contributed by atoms with E-state index >= 15 is 0 Å². The Morgan fingerprint density at radius 1 is 1.52 bits per heavy atom. The van der Waals surface area contributed by atoms with Gasteiger partial charge in [-0.1, -0.05) is 0 Å². The second-order valence-electron chi connectivity index (χ2n) is 5.53. The summed E-state index contributed by atoms with van der Waals surface area (Å²) < 4.78 is 0. The molecule has 0 saturated heterocycles. The van der Waals surface area contributed by atoms with Gasteiger partial charge in [0.05, 0.1) is 0 Å². The van der Waals surface area contributed by atoms with Crippen LogP contribution < -0.4 is 5.32 Å². The van der Waals surface area contributed by atoms with Crippen LogP contribution in [0.15, 0.2) is 22.9 Å². The lowest BCUT2D eigenvalue weighted by Crippen LogP contribution is -2.21. The van der Waals surface area contributed by atoms with Gasteiger partial charge in [-0.15, -0.1) is 0 Å². The number of aryl methyl sites for hydroxylation is 2. The standard InChI is InChI=1S/C16H18N2O2S/c1-10(7-11-5-6-21-9-11)17-15-13(16(19)20)8-12-3-2-4-14(12)18-15/h5-6,8-10H,2-4,7H2,1H3,(H,17,18)(H,19,20). The van der Waals surface area contributed by atoms with E-state index in [4.69, 9.17) is 0 Å². The zero-order valence-corrected chi connectivity index (χ0v) is 12.7. The molecule has 3 rings (SSSR count). The number of carbonyl (C=O) groups is 1. The van der Waals surface area contributed by atoms with Crippen molar-refractivity contribution < 1.29 is 9.90 Å². The molecule has 0 saturated carbocycles. The summed E-state index contributed by atoms with van der Waals surface area (Å²) in [6.07, 6.45) is 3.81. The molecular weight excluding hydrogens is 284 g/mol. The van der Waals surface area contributed by atoms with Crippen LogP contribution in [0.25, 0.3) is 0 Å². The fraction of sp³-hybridized carbons (Fsp3) is 0.375. The molecule has 1 aliphatic carbocycles. The van der Waals surface area contributed by atoms with Gasteiger partial charge in [0.15, 0.2) is 0 Å². The number of carboxylic acid groups (broad SMARTS) is 1. The summed E-state index contributed by atoms with van der Waals surface area (Å²) in [4.78, 5) is 16.0. The Hall–Kier alpha value is -1.88. The maximum absolute atomic E-state index is 11.4. The first-order valence-electron chi connectivity index (χ1n) is 7.17. The lowest BCUT2D eigenvalue weighted by Gasteiger charge is -2.16. The highest BCUT2D eigenvalue weighted by Gasteiger charge is 2.20. The van der Waals surface area contributed by atoms with Crippen LogP contribution in [0.4, 0.5) is 5.82 Å². The number of hydrogen-bond donors (Lipinski definition) is 2. The number of aromatic carboxylic acids is 1. The van der Waals surface area contributed by atoms with Crippen molar-refractivity contribution in [1.82, 2.24) is 4.98 Å². The third-order valence-electron chi connectivity index (χ3n) is 3.79. The molecule has 110 valence electrons. The Bertz CT molecular complexity index is 653. The number of anilines is 1. The average molecular weight is 302 g/mol. The summed E-state index contributed by atoms with van der Waals surface area (Å²) in [7, 11) is 0. The van der Waals surface area contributed by atoms with Gasteiger partial charge in [0.2, 0.25) is 0 Å². The molecule has 0 bridgehead atoms. The molecule has 2 N–H and O–H groups in total. The largest absolute Gasteiger partial charge is 0.478 e.